The number of methoxy groups -OCH3 is 1. The number of aromatic nitrogens is 2. The molecule has 0 aromatic carbocycles. The van der Waals surface area contributed by atoms with Gasteiger partial charge in [-0.25, -0.2) is 9.97 Å². The van der Waals surface area contributed by atoms with E-state index < -0.39 is 0 Å². The van der Waals surface area contributed by atoms with Gasteiger partial charge in [0.05, 0.1) is 24.1 Å². The van der Waals surface area contributed by atoms with Gasteiger partial charge in [-0.05, 0) is 25.8 Å². The van der Waals surface area contributed by atoms with Crippen LogP contribution in [0.3, 0.4) is 0 Å². The SMILES string of the molecule is COCc1cnc(C)nc1C1CCCN(C(=O)c2ccoc2)C1. The highest BCUT2D eigenvalue weighted by Crippen LogP contribution is 2.29. The lowest BCUT2D eigenvalue weighted by Gasteiger charge is -2.33. The van der Waals surface area contributed by atoms with Gasteiger partial charge in [0.1, 0.15) is 12.1 Å². The Bertz CT molecular complexity index is 670. The first-order chi connectivity index (χ1) is 11.2. The van der Waals surface area contributed by atoms with Gasteiger partial charge in [0.15, 0.2) is 0 Å². The van der Waals surface area contributed by atoms with E-state index in [1.165, 1.54) is 12.5 Å². The summed E-state index contributed by atoms with van der Waals surface area (Å²) in [4.78, 5) is 23.3. The molecule has 2 aromatic rings. The van der Waals surface area contributed by atoms with Crippen LogP contribution < -0.4 is 0 Å². The minimum atomic E-state index is 0.0162. The molecule has 0 spiro atoms. The maximum absolute atomic E-state index is 12.5. The summed E-state index contributed by atoms with van der Waals surface area (Å²) in [7, 11) is 1.67. The van der Waals surface area contributed by atoms with Crippen molar-refractivity contribution in [1.82, 2.24) is 14.9 Å². The van der Waals surface area contributed by atoms with Crippen LogP contribution in [0.2, 0.25) is 0 Å². The van der Waals surface area contributed by atoms with E-state index in [-0.39, 0.29) is 11.8 Å². The van der Waals surface area contributed by atoms with E-state index in [4.69, 9.17) is 9.15 Å². The van der Waals surface area contributed by atoms with E-state index in [2.05, 4.69) is 9.97 Å². The van der Waals surface area contributed by atoms with Gasteiger partial charge in [0.25, 0.3) is 5.91 Å². The quantitative estimate of drug-likeness (QED) is 0.867. The molecule has 1 saturated heterocycles. The van der Waals surface area contributed by atoms with E-state index in [1.807, 2.05) is 18.0 Å². The molecule has 23 heavy (non-hydrogen) atoms. The minimum Gasteiger partial charge on any atom is -0.472 e. The molecule has 2 aromatic heterocycles. The maximum atomic E-state index is 12.5. The number of nitrogens with zero attached hydrogens (tertiary/aromatic N) is 3. The molecule has 6 heteroatoms. The number of aryl methyl sites for hydroxylation is 1. The predicted molar refractivity (Wildman–Crippen MR) is 84.1 cm³/mol. The van der Waals surface area contributed by atoms with Crippen LogP contribution in [0, 0.1) is 6.92 Å². The van der Waals surface area contributed by atoms with E-state index in [1.54, 1.807) is 13.2 Å². The van der Waals surface area contributed by atoms with Crippen LogP contribution in [0.5, 0.6) is 0 Å². The summed E-state index contributed by atoms with van der Waals surface area (Å²) in [6, 6.07) is 1.71. The zero-order valence-corrected chi connectivity index (χ0v) is 13.5. The fraction of sp³-hybridized carbons (Fsp3) is 0.471. The molecule has 0 aliphatic carbocycles. The number of carbonyl (C=O) groups excluding carboxylic acids is 1. The zero-order valence-electron chi connectivity index (χ0n) is 13.5. The molecule has 1 fully saturated rings. The summed E-state index contributed by atoms with van der Waals surface area (Å²) in [5.41, 5.74) is 2.60. The number of hydrogen-bond donors (Lipinski definition) is 0. The van der Waals surface area contributed by atoms with Crippen molar-refractivity contribution >= 4 is 5.91 Å². The largest absolute Gasteiger partial charge is 0.472 e. The summed E-state index contributed by atoms with van der Waals surface area (Å²) in [6.45, 7) is 3.81. The summed E-state index contributed by atoms with van der Waals surface area (Å²) in [5, 5.41) is 0. The molecule has 0 N–H and O–H groups in total. The number of likely N-dealkylation sites (tertiary alicyclic amines) is 1. The number of rotatable bonds is 4. The van der Waals surface area contributed by atoms with E-state index in [9.17, 15) is 4.79 Å². The molecule has 1 amide bonds. The molecule has 3 heterocycles. The van der Waals surface area contributed by atoms with Crippen molar-refractivity contribution in [2.24, 2.45) is 0 Å². The molecule has 6 nitrogen and oxygen atoms in total. The van der Waals surface area contributed by atoms with Crippen molar-refractivity contribution < 1.29 is 13.9 Å². The first-order valence-corrected chi connectivity index (χ1v) is 7.82. The first-order valence-electron chi connectivity index (χ1n) is 7.82. The Balaban J connectivity index is 1.81. The Morgan fingerprint density at radius 2 is 2.39 bits per heavy atom. The Hall–Kier alpha value is -2.21. The molecule has 1 aliphatic rings. The number of amides is 1. The second-order valence-corrected chi connectivity index (χ2v) is 5.86. The lowest BCUT2D eigenvalue weighted by molar-refractivity contribution is 0.0704. The molecule has 1 atom stereocenters. The summed E-state index contributed by atoms with van der Waals surface area (Å²) < 4.78 is 10.3. The van der Waals surface area contributed by atoms with Gasteiger partial charge in [0.2, 0.25) is 0 Å². The Kier molecular flexibility index (Phi) is 4.71. The van der Waals surface area contributed by atoms with Crippen LogP contribution in [0.1, 0.15) is 46.2 Å². The highest BCUT2D eigenvalue weighted by atomic mass is 16.5. The standard InChI is InChI=1S/C17H21N3O3/c1-12-18-8-15(10-22-2)16(19-12)13-4-3-6-20(9-13)17(21)14-5-7-23-11-14/h5,7-8,11,13H,3-4,6,9-10H2,1-2H3. The van der Waals surface area contributed by atoms with Crippen LogP contribution in [-0.2, 0) is 11.3 Å². The highest BCUT2D eigenvalue weighted by molar-refractivity contribution is 5.93. The predicted octanol–water partition coefficient (Wildman–Crippen LogP) is 2.54. The molecule has 1 aliphatic heterocycles. The normalized spacial score (nSPS) is 18.2. The van der Waals surface area contributed by atoms with Crippen molar-refractivity contribution in [2.75, 3.05) is 20.2 Å². The average molecular weight is 315 g/mol. The lowest BCUT2D eigenvalue weighted by atomic mass is 9.91. The summed E-state index contributed by atoms with van der Waals surface area (Å²) >= 11 is 0. The van der Waals surface area contributed by atoms with Crippen LogP contribution in [0.25, 0.3) is 0 Å². The first kappa shape index (κ1) is 15.7. The number of carbonyl (C=O) groups is 1. The maximum Gasteiger partial charge on any atom is 0.257 e. The summed E-state index contributed by atoms with van der Waals surface area (Å²) in [5.74, 6) is 0.979. The van der Waals surface area contributed by atoms with Gasteiger partial charge >= 0.3 is 0 Å². The van der Waals surface area contributed by atoms with Gasteiger partial charge in [-0.3, -0.25) is 4.79 Å². The number of furan rings is 1. The highest BCUT2D eigenvalue weighted by Gasteiger charge is 2.28. The van der Waals surface area contributed by atoms with Crippen molar-refractivity contribution in [2.45, 2.75) is 32.3 Å². The van der Waals surface area contributed by atoms with E-state index in [0.717, 1.165) is 36.5 Å². The number of ether oxygens (including phenoxy) is 1. The zero-order chi connectivity index (χ0) is 16.2. The minimum absolute atomic E-state index is 0.0162. The topological polar surface area (TPSA) is 68.5 Å². The second-order valence-electron chi connectivity index (χ2n) is 5.86. The van der Waals surface area contributed by atoms with Crippen molar-refractivity contribution in [3.8, 4) is 0 Å². The van der Waals surface area contributed by atoms with Crippen LogP contribution in [-0.4, -0.2) is 41.0 Å². The lowest BCUT2D eigenvalue weighted by Crippen LogP contribution is -2.39. The summed E-state index contributed by atoms with van der Waals surface area (Å²) in [6.07, 6.45) is 6.83. The third-order valence-electron chi connectivity index (χ3n) is 4.18. The van der Waals surface area contributed by atoms with Crippen molar-refractivity contribution in [1.29, 1.82) is 0 Å². The smallest absolute Gasteiger partial charge is 0.257 e. The molecule has 122 valence electrons. The van der Waals surface area contributed by atoms with Gasteiger partial charge < -0.3 is 14.1 Å². The average Bonchev–Trinajstić information content (AvgIpc) is 3.10. The molecule has 0 bridgehead atoms. The van der Waals surface area contributed by atoms with Crippen molar-refractivity contribution in [3.63, 3.8) is 0 Å². The monoisotopic (exact) mass is 315 g/mol. The third kappa shape index (κ3) is 3.42. The van der Waals surface area contributed by atoms with Gasteiger partial charge in [-0.2, -0.15) is 0 Å². The van der Waals surface area contributed by atoms with Crippen LogP contribution in [0.15, 0.2) is 29.2 Å². The van der Waals surface area contributed by atoms with Crippen molar-refractivity contribution in [3.05, 3.63) is 47.4 Å². The van der Waals surface area contributed by atoms with Crippen LogP contribution >= 0.6 is 0 Å². The molecular formula is C17H21N3O3. The molecule has 3 rings (SSSR count). The Morgan fingerprint density at radius 3 is 3.13 bits per heavy atom. The third-order valence-corrected chi connectivity index (χ3v) is 4.18. The molecule has 0 saturated carbocycles. The second kappa shape index (κ2) is 6.91. The molecule has 0 radical (unpaired) electrons. The fourth-order valence-electron chi connectivity index (χ4n) is 3.09. The van der Waals surface area contributed by atoms with Crippen LogP contribution in [0.4, 0.5) is 0 Å². The fourth-order valence-corrected chi connectivity index (χ4v) is 3.09. The Morgan fingerprint density at radius 1 is 1.52 bits per heavy atom. The Labute approximate surface area is 135 Å². The van der Waals surface area contributed by atoms with E-state index in [0.29, 0.717) is 18.7 Å². The van der Waals surface area contributed by atoms with Gasteiger partial charge in [-0.15, -0.1) is 0 Å². The van der Waals surface area contributed by atoms with Gasteiger partial charge in [-0.1, -0.05) is 0 Å². The molecule has 1 unspecified atom stereocenters. The van der Waals surface area contributed by atoms with Gasteiger partial charge in [0, 0.05) is 37.9 Å². The molecular weight excluding hydrogens is 294 g/mol. The number of hydrogen-bond acceptors (Lipinski definition) is 5. The number of piperidine rings is 1. The van der Waals surface area contributed by atoms with E-state index >= 15 is 0 Å².